The molecule has 2 nitrogen and oxygen atoms in total. The van der Waals surface area contributed by atoms with Crippen LogP contribution < -0.4 is 0 Å². The highest BCUT2D eigenvalue weighted by molar-refractivity contribution is 8.93. The Bertz CT molecular complexity index is 280. The van der Waals surface area contributed by atoms with Crippen molar-refractivity contribution in [3.8, 4) is 0 Å². The van der Waals surface area contributed by atoms with Crippen LogP contribution in [0, 0.1) is 0 Å². The van der Waals surface area contributed by atoms with Crippen LogP contribution in [0.2, 0.25) is 0 Å². The fourth-order valence-corrected chi connectivity index (χ4v) is 10.1. The molecule has 0 unspecified atom stereocenters. The third-order valence-electron chi connectivity index (χ3n) is 1.65. The van der Waals surface area contributed by atoms with Crippen molar-refractivity contribution in [3.05, 3.63) is 11.9 Å². The van der Waals surface area contributed by atoms with E-state index in [1.165, 1.54) is 34.5 Å². The molecule has 0 amide bonds. The largest absolute Gasteiger partial charge is 0.296 e. The van der Waals surface area contributed by atoms with Gasteiger partial charge in [-0.05, 0) is 5.75 Å². The van der Waals surface area contributed by atoms with E-state index in [0.717, 1.165) is 17.3 Å². The summed E-state index contributed by atoms with van der Waals surface area (Å²) in [5, 5.41) is 0.719. The average Bonchev–Trinajstić information content (AvgIpc) is 2.54. The number of rotatable bonds is 4. The summed E-state index contributed by atoms with van der Waals surface area (Å²) in [4.78, 5) is 11.3. The second kappa shape index (κ2) is 5.69. The lowest BCUT2D eigenvalue weighted by molar-refractivity contribution is -0.110. The van der Waals surface area contributed by atoms with Crippen LogP contribution in [0.4, 0.5) is 0 Å². The molecular formula is C8H13O2PS3. The van der Waals surface area contributed by atoms with Gasteiger partial charge in [0.25, 0.3) is 0 Å². The van der Waals surface area contributed by atoms with E-state index in [9.17, 15) is 9.36 Å². The van der Waals surface area contributed by atoms with Crippen molar-refractivity contribution < 1.29 is 9.36 Å². The summed E-state index contributed by atoms with van der Waals surface area (Å²) in [6.45, 7) is 5.73. The van der Waals surface area contributed by atoms with Gasteiger partial charge >= 0.3 is 0 Å². The zero-order valence-corrected chi connectivity index (χ0v) is 11.4. The highest BCUT2D eigenvalue weighted by Gasteiger charge is 2.32. The smallest absolute Gasteiger partial charge is 0.215 e. The highest BCUT2D eigenvalue weighted by atomic mass is 33.1. The number of allylic oxidation sites excluding steroid dienone is 1. The molecule has 1 aliphatic rings. The Morgan fingerprint density at radius 1 is 1.50 bits per heavy atom. The van der Waals surface area contributed by atoms with Crippen LogP contribution in [0.25, 0.3) is 0 Å². The lowest BCUT2D eigenvalue weighted by atomic mass is 10.5. The lowest BCUT2D eigenvalue weighted by Crippen LogP contribution is -1.93. The molecule has 1 rings (SSSR count). The van der Waals surface area contributed by atoms with Gasteiger partial charge in [-0.15, -0.1) is 0 Å². The predicted molar refractivity (Wildman–Crippen MR) is 69.4 cm³/mol. The second-order valence-corrected chi connectivity index (χ2v) is 12.3. The normalized spacial score (nSPS) is 19.5. The zero-order valence-electron chi connectivity index (χ0n) is 8.02. The van der Waals surface area contributed by atoms with E-state index in [1.807, 2.05) is 6.92 Å². The molecule has 6 heteroatoms. The van der Waals surface area contributed by atoms with E-state index in [0.29, 0.717) is 5.31 Å². The third-order valence-corrected chi connectivity index (χ3v) is 11.6. The monoisotopic (exact) mass is 268 g/mol. The van der Waals surface area contributed by atoms with E-state index in [-0.39, 0.29) is 11.5 Å². The number of carbonyl (C=O) groups excluding carboxylic acids is 1. The van der Waals surface area contributed by atoms with Crippen LogP contribution in [-0.2, 0) is 9.36 Å². The van der Waals surface area contributed by atoms with Gasteiger partial charge in [0.05, 0.1) is 0 Å². The molecule has 0 aliphatic carbocycles. The molecule has 1 fully saturated rings. The van der Waals surface area contributed by atoms with Gasteiger partial charge < -0.3 is 0 Å². The summed E-state index contributed by atoms with van der Waals surface area (Å²) >= 11 is 4.22. The Morgan fingerprint density at radius 3 is 2.57 bits per heavy atom. The Hall–Kier alpha value is 0.690. The Morgan fingerprint density at radius 2 is 2.07 bits per heavy atom. The second-order valence-electron chi connectivity index (χ2n) is 2.71. The number of carbonyl (C=O) groups is 1. The molecule has 1 aliphatic heterocycles. The minimum absolute atomic E-state index is 0.0841. The van der Waals surface area contributed by atoms with E-state index >= 15 is 0 Å². The first-order valence-electron chi connectivity index (χ1n) is 4.31. The van der Waals surface area contributed by atoms with Gasteiger partial charge in [-0.1, -0.05) is 48.0 Å². The molecule has 0 saturated carbocycles. The van der Waals surface area contributed by atoms with E-state index in [4.69, 9.17) is 0 Å². The maximum atomic E-state index is 12.1. The maximum absolute atomic E-state index is 12.1. The molecular weight excluding hydrogens is 255 g/mol. The highest BCUT2D eigenvalue weighted by Crippen LogP contribution is 2.78. The molecule has 0 aromatic rings. The molecule has 14 heavy (non-hydrogen) atoms. The molecule has 80 valence electrons. The first-order valence-corrected chi connectivity index (χ1v) is 10.2. The summed E-state index contributed by atoms with van der Waals surface area (Å²) in [5.74, 6) is 2.60. The van der Waals surface area contributed by atoms with Crippen LogP contribution in [0.1, 0.15) is 13.3 Å². The average molecular weight is 268 g/mol. The molecule has 0 aromatic carbocycles. The van der Waals surface area contributed by atoms with Crippen LogP contribution in [0.5, 0.6) is 0 Å². The van der Waals surface area contributed by atoms with Crippen LogP contribution in [0.3, 0.4) is 0 Å². The summed E-state index contributed by atoms with van der Waals surface area (Å²) in [7, 11) is 0. The molecule has 1 saturated heterocycles. The van der Waals surface area contributed by atoms with Crippen molar-refractivity contribution in [1.82, 2.24) is 0 Å². The van der Waals surface area contributed by atoms with Crippen molar-refractivity contribution >= 4 is 45.2 Å². The summed E-state index contributed by atoms with van der Waals surface area (Å²) in [6, 6.07) is 0. The van der Waals surface area contributed by atoms with Gasteiger partial charge in [0.15, 0.2) is 5.12 Å². The van der Waals surface area contributed by atoms with Crippen molar-refractivity contribution in [3.63, 3.8) is 0 Å². The van der Waals surface area contributed by atoms with E-state index < -0.39 is 5.55 Å². The van der Waals surface area contributed by atoms with Gasteiger partial charge in [-0.3, -0.25) is 9.36 Å². The van der Waals surface area contributed by atoms with E-state index in [1.54, 1.807) is 0 Å². The number of hydrogen-bond acceptors (Lipinski definition) is 5. The lowest BCUT2D eigenvalue weighted by Gasteiger charge is -2.10. The van der Waals surface area contributed by atoms with Crippen LogP contribution >= 0.6 is 40.1 Å². The topological polar surface area (TPSA) is 34.1 Å². The maximum Gasteiger partial charge on any atom is 0.215 e. The summed E-state index contributed by atoms with van der Waals surface area (Å²) in [5.41, 5.74) is -2.33. The van der Waals surface area contributed by atoms with Gasteiger partial charge in [0.2, 0.25) is 5.55 Å². The third kappa shape index (κ3) is 3.37. The van der Waals surface area contributed by atoms with E-state index in [2.05, 4.69) is 6.58 Å². The molecule has 0 bridgehead atoms. The molecule has 0 N–H and O–H groups in total. The van der Waals surface area contributed by atoms with Gasteiger partial charge in [-0.25, -0.2) is 0 Å². The van der Waals surface area contributed by atoms with Crippen molar-refractivity contribution in [2.75, 3.05) is 17.3 Å². The molecule has 0 aromatic heterocycles. The number of hydrogen-bond donors (Lipinski definition) is 0. The summed E-state index contributed by atoms with van der Waals surface area (Å²) < 4.78 is 12.1. The van der Waals surface area contributed by atoms with Crippen LogP contribution in [-0.4, -0.2) is 22.4 Å². The minimum atomic E-state index is -2.33. The first kappa shape index (κ1) is 12.8. The molecule has 0 spiro atoms. The molecule has 0 atom stereocenters. The van der Waals surface area contributed by atoms with Crippen molar-refractivity contribution in [1.29, 1.82) is 0 Å². The minimum Gasteiger partial charge on any atom is -0.296 e. The summed E-state index contributed by atoms with van der Waals surface area (Å²) in [6.07, 6.45) is 0.274. The fourth-order valence-electron chi connectivity index (χ4n) is 1.01. The molecule has 0 radical (unpaired) electrons. The van der Waals surface area contributed by atoms with Crippen LogP contribution in [0.15, 0.2) is 11.9 Å². The quantitative estimate of drug-likeness (QED) is 0.724. The Labute approximate surface area is 96.9 Å². The van der Waals surface area contributed by atoms with Gasteiger partial charge in [0, 0.05) is 23.2 Å². The first-order chi connectivity index (χ1) is 6.58. The predicted octanol–water partition coefficient (Wildman–Crippen LogP) is 3.84. The zero-order chi connectivity index (χ0) is 10.6. The van der Waals surface area contributed by atoms with Crippen molar-refractivity contribution in [2.24, 2.45) is 0 Å². The standard InChI is InChI=1S/C8H13O2PS3/c1-3-12-8(9)6-7(2)11(10)13-4-5-14-11/h2-6H2,1H3. The van der Waals surface area contributed by atoms with Crippen molar-refractivity contribution in [2.45, 2.75) is 13.3 Å². The Kier molecular flexibility index (Phi) is 5.18. The fraction of sp³-hybridized carbons (Fsp3) is 0.625. The SMILES string of the molecule is C=C(CC(=O)SCC)P1(=O)SCCS1. The molecule has 1 heterocycles. The number of thioether (sulfide) groups is 1. The Balaban J connectivity index is 2.49. The van der Waals surface area contributed by atoms with Gasteiger partial charge in [0.1, 0.15) is 0 Å². The van der Waals surface area contributed by atoms with Gasteiger partial charge in [-0.2, -0.15) is 0 Å².